The summed E-state index contributed by atoms with van der Waals surface area (Å²) in [6.45, 7) is 2.11. The third-order valence-electron chi connectivity index (χ3n) is 3.85. The Morgan fingerprint density at radius 3 is 2.75 bits per heavy atom. The lowest BCUT2D eigenvalue weighted by molar-refractivity contribution is -0.137. The number of carboxylic acid groups (broad SMARTS) is 1. The molecular formula is C17H21N3O4. The van der Waals surface area contributed by atoms with Crippen molar-refractivity contribution in [2.45, 2.75) is 38.6 Å². The van der Waals surface area contributed by atoms with E-state index in [1.54, 1.807) is 31.2 Å². The summed E-state index contributed by atoms with van der Waals surface area (Å²) in [7, 11) is 0. The van der Waals surface area contributed by atoms with Crippen molar-refractivity contribution in [2.75, 3.05) is 6.54 Å². The predicted molar refractivity (Wildman–Crippen MR) is 89.8 cm³/mol. The lowest BCUT2D eigenvalue weighted by Gasteiger charge is -2.15. The fraction of sp³-hybridized carbons (Fsp3) is 0.412. The molecule has 1 heterocycles. The molecule has 1 atom stereocenters. The first kappa shape index (κ1) is 17.7. The first-order valence-corrected chi connectivity index (χ1v) is 7.96. The largest absolute Gasteiger partial charge is 0.481 e. The lowest BCUT2D eigenvalue weighted by atomic mass is 10.2. The molecule has 0 unspecified atom stereocenters. The SMILES string of the molecule is C[C@@H](C(=O)NCCCCCC(=O)O)n1cnc2ccccc2c1=O. The number of hydrogen-bond donors (Lipinski definition) is 2. The zero-order valence-electron chi connectivity index (χ0n) is 13.6. The number of carbonyl (C=O) groups excluding carboxylic acids is 1. The summed E-state index contributed by atoms with van der Waals surface area (Å²) in [4.78, 5) is 39.2. The summed E-state index contributed by atoms with van der Waals surface area (Å²) >= 11 is 0. The standard InChI is InChI=1S/C17H21N3O4/c1-12(16(23)18-10-6-2-3-9-15(21)22)20-11-19-14-8-5-4-7-13(14)17(20)24/h4-5,7-8,11-12H,2-3,6,9-10H2,1H3,(H,18,23)(H,21,22)/t12-/m0/s1. The Bertz CT molecular complexity index is 785. The average Bonchev–Trinajstić information content (AvgIpc) is 2.57. The van der Waals surface area contributed by atoms with Crippen LogP contribution in [0.5, 0.6) is 0 Å². The van der Waals surface area contributed by atoms with E-state index in [1.807, 2.05) is 0 Å². The minimum absolute atomic E-state index is 0.141. The van der Waals surface area contributed by atoms with Gasteiger partial charge >= 0.3 is 5.97 Å². The molecule has 1 amide bonds. The second-order valence-electron chi connectivity index (χ2n) is 5.65. The molecule has 7 nitrogen and oxygen atoms in total. The Labute approximate surface area is 139 Å². The molecule has 128 valence electrons. The summed E-state index contributed by atoms with van der Waals surface area (Å²) in [5.74, 6) is -1.07. The van der Waals surface area contributed by atoms with E-state index in [1.165, 1.54) is 10.9 Å². The summed E-state index contributed by atoms with van der Waals surface area (Å²) in [5, 5.41) is 11.8. The molecule has 0 aliphatic heterocycles. The van der Waals surface area contributed by atoms with E-state index in [0.717, 1.165) is 6.42 Å². The molecule has 1 aromatic carbocycles. The number of rotatable bonds is 8. The topological polar surface area (TPSA) is 101 Å². The highest BCUT2D eigenvalue weighted by Crippen LogP contribution is 2.08. The Hall–Kier alpha value is -2.70. The maximum atomic E-state index is 12.4. The number of fused-ring (bicyclic) bond motifs is 1. The second kappa shape index (κ2) is 8.24. The third-order valence-corrected chi connectivity index (χ3v) is 3.85. The Kier molecular flexibility index (Phi) is 6.06. The van der Waals surface area contributed by atoms with Gasteiger partial charge in [-0.05, 0) is 31.9 Å². The van der Waals surface area contributed by atoms with Gasteiger partial charge in [-0.1, -0.05) is 18.6 Å². The number of benzene rings is 1. The summed E-state index contributed by atoms with van der Waals surface area (Å²) < 4.78 is 1.32. The number of amides is 1. The van der Waals surface area contributed by atoms with Crippen molar-refractivity contribution in [3.8, 4) is 0 Å². The summed E-state index contributed by atoms with van der Waals surface area (Å²) in [5.41, 5.74) is 0.356. The van der Waals surface area contributed by atoms with Gasteiger partial charge in [-0.15, -0.1) is 0 Å². The average molecular weight is 331 g/mol. The van der Waals surface area contributed by atoms with Gasteiger partial charge in [0.05, 0.1) is 17.2 Å². The monoisotopic (exact) mass is 331 g/mol. The van der Waals surface area contributed by atoms with Gasteiger partial charge in [0.25, 0.3) is 5.56 Å². The number of unbranched alkanes of at least 4 members (excludes halogenated alkanes) is 2. The minimum Gasteiger partial charge on any atom is -0.481 e. The van der Waals surface area contributed by atoms with E-state index in [0.29, 0.717) is 30.3 Å². The van der Waals surface area contributed by atoms with Gasteiger partial charge in [-0.2, -0.15) is 0 Å². The highest BCUT2D eigenvalue weighted by molar-refractivity contribution is 5.81. The van der Waals surface area contributed by atoms with Crippen LogP contribution in [0.2, 0.25) is 0 Å². The molecule has 1 aromatic heterocycles. The van der Waals surface area contributed by atoms with E-state index in [2.05, 4.69) is 10.3 Å². The van der Waals surface area contributed by atoms with Crippen LogP contribution in [0, 0.1) is 0 Å². The van der Waals surface area contributed by atoms with Crippen LogP contribution in [0.4, 0.5) is 0 Å². The summed E-state index contributed by atoms with van der Waals surface area (Å²) in [6, 6.07) is 6.35. The van der Waals surface area contributed by atoms with Crippen molar-refractivity contribution in [1.82, 2.24) is 14.9 Å². The van der Waals surface area contributed by atoms with Crippen molar-refractivity contribution in [1.29, 1.82) is 0 Å². The Balaban J connectivity index is 1.92. The maximum Gasteiger partial charge on any atom is 0.303 e. The molecule has 24 heavy (non-hydrogen) atoms. The van der Waals surface area contributed by atoms with Crippen molar-refractivity contribution < 1.29 is 14.7 Å². The third kappa shape index (κ3) is 4.41. The van der Waals surface area contributed by atoms with Crippen LogP contribution < -0.4 is 10.9 Å². The zero-order chi connectivity index (χ0) is 17.5. The quantitative estimate of drug-likeness (QED) is 0.717. The van der Waals surface area contributed by atoms with Crippen LogP contribution in [-0.4, -0.2) is 33.1 Å². The Morgan fingerprint density at radius 1 is 1.25 bits per heavy atom. The van der Waals surface area contributed by atoms with Crippen LogP contribution in [-0.2, 0) is 9.59 Å². The van der Waals surface area contributed by atoms with E-state index in [9.17, 15) is 14.4 Å². The molecule has 0 bridgehead atoms. The van der Waals surface area contributed by atoms with E-state index in [4.69, 9.17) is 5.11 Å². The van der Waals surface area contributed by atoms with E-state index in [-0.39, 0.29) is 17.9 Å². The first-order chi connectivity index (χ1) is 11.5. The van der Waals surface area contributed by atoms with Gasteiger partial charge in [-0.3, -0.25) is 19.0 Å². The number of aliphatic carboxylic acids is 1. The highest BCUT2D eigenvalue weighted by Gasteiger charge is 2.17. The smallest absolute Gasteiger partial charge is 0.303 e. The fourth-order valence-corrected chi connectivity index (χ4v) is 2.42. The van der Waals surface area contributed by atoms with E-state index < -0.39 is 12.0 Å². The molecule has 2 aromatic rings. The van der Waals surface area contributed by atoms with Crippen LogP contribution in [0.25, 0.3) is 10.9 Å². The van der Waals surface area contributed by atoms with Gasteiger partial charge in [-0.25, -0.2) is 4.98 Å². The summed E-state index contributed by atoms with van der Waals surface area (Å²) in [6.07, 6.45) is 3.56. The van der Waals surface area contributed by atoms with Crippen LogP contribution >= 0.6 is 0 Å². The normalized spacial score (nSPS) is 12.0. The molecule has 0 aliphatic carbocycles. The predicted octanol–water partition coefficient (Wildman–Crippen LogP) is 1.72. The van der Waals surface area contributed by atoms with Gasteiger partial charge in [0.2, 0.25) is 5.91 Å². The minimum atomic E-state index is -0.809. The van der Waals surface area contributed by atoms with Gasteiger partial charge in [0.15, 0.2) is 0 Å². The number of nitrogens with one attached hydrogen (secondary N) is 1. The highest BCUT2D eigenvalue weighted by atomic mass is 16.4. The molecule has 2 N–H and O–H groups in total. The molecule has 0 saturated carbocycles. The van der Waals surface area contributed by atoms with Crippen molar-refractivity contribution in [3.63, 3.8) is 0 Å². The number of aromatic nitrogens is 2. The van der Waals surface area contributed by atoms with Crippen molar-refractivity contribution in [3.05, 3.63) is 40.9 Å². The fourth-order valence-electron chi connectivity index (χ4n) is 2.42. The van der Waals surface area contributed by atoms with Gasteiger partial charge < -0.3 is 10.4 Å². The number of para-hydroxylation sites is 1. The molecule has 0 fully saturated rings. The molecular weight excluding hydrogens is 310 g/mol. The molecule has 0 radical (unpaired) electrons. The number of nitrogens with zero attached hydrogens (tertiary/aromatic N) is 2. The molecule has 0 aliphatic rings. The van der Waals surface area contributed by atoms with Crippen LogP contribution in [0.3, 0.4) is 0 Å². The maximum absolute atomic E-state index is 12.4. The number of hydrogen-bond acceptors (Lipinski definition) is 4. The van der Waals surface area contributed by atoms with E-state index >= 15 is 0 Å². The second-order valence-corrected chi connectivity index (χ2v) is 5.65. The Morgan fingerprint density at radius 2 is 2.00 bits per heavy atom. The van der Waals surface area contributed by atoms with Crippen molar-refractivity contribution in [2.24, 2.45) is 0 Å². The molecule has 0 saturated heterocycles. The lowest BCUT2D eigenvalue weighted by Crippen LogP contribution is -2.36. The van der Waals surface area contributed by atoms with Gasteiger partial charge in [0, 0.05) is 13.0 Å². The molecule has 2 rings (SSSR count). The first-order valence-electron chi connectivity index (χ1n) is 7.96. The van der Waals surface area contributed by atoms with Gasteiger partial charge in [0.1, 0.15) is 6.04 Å². The molecule has 0 spiro atoms. The number of carbonyl (C=O) groups is 2. The van der Waals surface area contributed by atoms with Crippen LogP contribution in [0.1, 0.15) is 38.6 Å². The van der Waals surface area contributed by atoms with Crippen LogP contribution in [0.15, 0.2) is 35.4 Å². The number of carboxylic acids is 1. The molecule has 7 heteroatoms. The zero-order valence-corrected chi connectivity index (χ0v) is 13.6. The van der Waals surface area contributed by atoms with Crippen molar-refractivity contribution >= 4 is 22.8 Å².